The van der Waals surface area contributed by atoms with E-state index < -0.39 is 6.10 Å². The molecular formula is C14H24N2O3. The number of aliphatic hydroxyl groups is 1. The minimum atomic E-state index is -0.439. The van der Waals surface area contributed by atoms with Crippen LogP contribution in [0, 0.1) is 5.92 Å². The van der Waals surface area contributed by atoms with Gasteiger partial charge < -0.3 is 15.3 Å². The minimum Gasteiger partial charge on any atom is -0.391 e. The van der Waals surface area contributed by atoms with Gasteiger partial charge in [-0.15, -0.1) is 0 Å². The molecule has 19 heavy (non-hydrogen) atoms. The second-order valence-electron chi connectivity index (χ2n) is 5.65. The Morgan fingerprint density at radius 1 is 1.37 bits per heavy atom. The van der Waals surface area contributed by atoms with Crippen molar-refractivity contribution in [1.29, 1.82) is 0 Å². The quantitative estimate of drug-likeness (QED) is 0.739. The molecule has 0 aromatic carbocycles. The molecule has 1 saturated heterocycles. The van der Waals surface area contributed by atoms with Gasteiger partial charge in [0.25, 0.3) is 0 Å². The van der Waals surface area contributed by atoms with E-state index in [1.54, 1.807) is 4.90 Å². The summed E-state index contributed by atoms with van der Waals surface area (Å²) in [5.74, 6) is -0.262. The number of rotatable bonds is 3. The third-order valence-corrected chi connectivity index (χ3v) is 4.27. The van der Waals surface area contributed by atoms with Gasteiger partial charge in [-0.3, -0.25) is 9.59 Å². The number of likely N-dealkylation sites (tertiary alicyclic amines) is 1. The summed E-state index contributed by atoms with van der Waals surface area (Å²) >= 11 is 0. The molecule has 2 fully saturated rings. The molecule has 2 rings (SSSR count). The molecule has 0 aromatic heterocycles. The maximum Gasteiger partial charge on any atom is 0.225 e. The number of carbonyl (C=O) groups excluding carboxylic acids is 2. The Morgan fingerprint density at radius 2 is 2.11 bits per heavy atom. The summed E-state index contributed by atoms with van der Waals surface area (Å²) in [5, 5.41) is 12.9. The van der Waals surface area contributed by atoms with Crippen LogP contribution in [0.3, 0.4) is 0 Å². The molecule has 0 bridgehead atoms. The molecule has 5 heteroatoms. The van der Waals surface area contributed by atoms with Gasteiger partial charge in [0.1, 0.15) is 0 Å². The van der Waals surface area contributed by atoms with E-state index in [0.29, 0.717) is 19.5 Å². The summed E-state index contributed by atoms with van der Waals surface area (Å²) in [4.78, 5) is 25.5. The average molecular weight is 268 g/mol. The zero-order valence-corrected chi connectivity index (χ0v) is 11.6. The van der Waals surface area contributed by atoms with Crippen LogP contribution in [-0.4, -0.2) is 47.1 Å². The molecule has 2 amide bonds. The van der Waals surface area contributed by atoms with E-state index in [2.05, 4.69) is 5.32 Å². The second-order valence-corrected chi connectivity index (χ2v) is 5.65. The largest absolute Gasteiger partial charge is 0.391 e. The fraction of sp³-hybridized carbons (Fsp3) is 0.857. The van der Waals surface area contributed by atoms with Crippen molar-refractivity contribution >= 4 is 11.8 Å². The standard InChI is InChI=1S/C14H24N2O3/c1-2-16-9-10(8-13(16)18)14(19)15-11-6-4-3-5-7-12(11)17/h10-12,17H,2-9H2,1H3,(H,15,19). The van der Waals surface area contributed by atoms with Crippen molar-refractivity contribution in [3.05, 3.63) is 0 Å². The number of aliphatic hydroxyl groups excluding tert-OH is 1. The Morgan fingerprint density at radius 3 is 2.79 bits per heavy atom. The van der Waals surface area contributed by atoms with E-state index in [1.807, 2.05) is 6.92 Å². The lowest BCUT2D eigenvalue weighted by molar-refractivity contribution is -0.129. The first-order chi connectivity index (χ1) is 9.11. The zero-order valence-electron chi connectivity index (χ0n) is 11.6. The molecule has 5 nitrogen and oxygen atoms in total. The van der Waals surface area contributed by atoms with Crippen LogP contribution in [0.2, 0.25) is 0 Å². The minimum absolute atomic E-state index is 0.0593. The van der Waals surface area contributed by atoms with Crippen LogP contribution < -0.4 is 5.32 Å². The van der Waals surface area contributed by atoms with Crippen molar-refractivity contribution in [3.63, 3.8) is 0 Å². The van der Waals surface area contributed by atoms with Crippen LogP contribution in [0.25, 0.3) is 0 Å². The Labute approximate surface area is 114 Å². The maximum absolute atomic E-state index is 12.2. The van der Waals surface area contributed by atoms with E-state index in [1.165, 1.54) is 0 Å². The van der Waals surface area contributed by atoms with Gasteiger partial charge in [-0.2, -0.15) is 0 Å². The molecule has 2 N–H and O–H groups in total. The van der Waals surface area contributed by atoms with Crippen molar-refractivity contribution in [2.24, 2.45) is 5.92 Å². The van der Waals surface area contributed by atoms with Crippen molar-refractivity contribution in [2.75, 3.05) is 13.1 Å². The molecule has 0 spiro atoms. The number of hydrogen-bond acceptors (Lipinski definition) is 3. The molecule has 1 aliphatic carbocycles. The van der Waals surface area contributed by atoms with Crippen LogP contribution in [0.1, 0.15) is 45.4 Å². The summed E-state index contributed by atoms with van der Waals surface area (Å²) < 4.78 is 0. The highest BCUT2D eigenvalue weighted by Gasteiger charge is 2.35. The van der Waals surface area contributed by atoms with Crippen molar-refractivity contribution in [1.82, 2.24) is 10.2 Å². The van der Waals surface area contributed by atoms with E-state index in [0.717, 1.165) is 32.1 Å². The predicted octanol–water partition coefficient (Wildman–Crippen LogP) is 0.665. The second kappa shape index (κ2) is 6.37. The monoisotopic (exact) mass is 268 g/mol. The van der Waals surface area contributed by atoms with Gasteiger partial charge in [0.2, 0.25) is 11.8 Å². The molecular weight excluding hydrogens is 244 g/mol. The van der Waals surface area contributed by atoms with Crippen molar-refractivity contribution < 1.29 is 14.7 Å². The summed E-state index contributed by atoms with van der Waals surface area (Å²) in [6.45, 7) is 3.10. The van der Waals surface area contributed by atoms with Gasteiger partial charge in [-0.05, 0) is 19.8 Å². The molecule has 3 atom stereocenters. The fourth-order valence-electron chi connectivity index (χ4n) is 3.01. The van der Waals surface area contributed by atoms with Gasteiger partial charge >= 0.3 is 0 Å². The van der Waals surface area contributed by atoms with Crippen LogP contribution in [0.4, 0.5) is 0 Å². The molecule has 108 valence electrons. The smallest absolute Gasteiger partial charge is 0.225 e. The number of hydrogen-bond donors (Lipinski definition) is 2. The normalized spacial score (nSPS) is 32.2. The van der Waals surface area contributed by atoms with Gasteiger partial charge in [0.05, 0.1) is 18.1 Å². The molecule has 1 saturated carbocycles. The van der Waals surface area contributed by atoms with Gasteiger partial charge in [-0.1, -0.05) is 19.3 Å². The molecule has 2 aliphatic rings. The predicted molar refractivity (Wildman–Crippen MR) is 71.4 cm³/mol. The van der Waals surface area contributed by atoms with Crippen LogP contribution >= 0.6 is 0 Å². The summed E-state index contributed by atoms with van der Waals surface area (Å²) in [6.07, 6.45) is 4.66. The van der Waals surface area contributed by atoms with E-state index in [9.17, 15) is 14.7 Å². The highest BCUT2D eigenvalue weighted by atomic mass is 16.3. The summed E-state index contributed by atoms with van der Waals surface area (Å²) in [5.41, 5.74) is 0. The Bertz CT molecular complexity index is 346. The third kappa shape index (κ3) is 3.47. The molecule has 3 unspecified atom stereocenters. The first-order valence-electron chi connectivity index (χ1n) is 7.38. The number of nitrogens with zero attached hydrogens (tertiary/aromatic N) is 1. The number of carbonyl (C=O) groups is 2. The molecule has 0 aromatic rings. The van der Waals surface area contributed by atoms with E-state index >= 15 is 0 Å². The lowest BCUT2D eigenvalue weighted by atomic mass is 10.0. The van der Waals surface area contributed by atoms with Crippen LogP contribution in [0.5, 0.6) is 0 Å². The van der Waals surface area contributed by atoms with Crippen LogP contribution in [0.15, 0.2) is 0 Å². The number of nitrogens with one attached hydrogen (secondary N) is 1. The topological polar surface area (TPSA) is 69.6 Å². The van der Waals surface area contributed by atoms with Crippen molar-refractivity contribution in [3.8, 4) is 0 Å². The lowest BCUT2D eigenvalue weighted by Crippen LogP contribution is -2.45. The van der Waals surface area contributed by atoms with Crippen LogP contribution in [-0.2, 0) is 9.59 Å². The number of amides is 2. The Hall–Kier alpha value is -1.10. The highest BCUT2D eigenvalue weighted by molar-refractivity contribution is 5.89. The Balaban J connectivity index is 1.88. The maximum atomic E-state index is 12.2. The van der Waals surface area contributed by atoms with Crippen molar-refractivity contribution in [2.45, 2.75) is 57.6 Å². The van der Waals surface area contributed by atoms with E-state index in [-0.39, 0.29) is 23.8 Å². The summed E-state index contributed by atoms with van der Waals surface area (Å²) in [6, 6.07) is -0.138. The first kappa shape index (κ1) is 14.3. The third-order valence-electron chi connectivity index (χ3n) is 4.27. The SMILES string of the molecule is CCN1CC(C(=O)NC2CCCCCC2O)CC1=O. The highest BCUT2D eigenvalue weighted by Crippen LogP contribution is 2.21. The van der Waals surface area contributed by atoms with Gasteiger partial charge in [-0.25, -0.2) is 0 Å². The molecule has 1 aliphatic heterocycles. The average Bonchev–Trinajstić information content (AvgIpc) is 2.66. The fourth-order valence-corrected chi connectivity index (χ4v) is 3.01. The summed E-state index contributed by atoms with van der Waals surface area (Å²) in [7, 11) is 0. The molecule has 0 radical (unpaired) electrons. The van der Waals surface area contributed by atoms with E-state index in [4.69, 9.17) is 0 Å². The zero-order chi connectivity index (χ0) is 13.8. The van der Waals surface area contributed by atoms with Gasteiger partial charge in [0, 0.05) is 19.5 Å². The first-order valence-corrected chi connectivity index (χ1v) is 7.38. The lowest BCUT2D eigenvalue weighted by Gasteiger charge is -2.23. The van der Waals surface area contributed by atoms with Gasteiger partial charge in [0.15, 0.2) is 0 Å². The molecule has 1 heterocycles. The Kier molecular flexibility index (Phi) is 4.80.